The van der Waals surface area contributed by atoms with Crippen LogP contribution < -0.4 is 0 Å². The summed E-state index contributed by atoms with van der Waals surface area (Å²) in [7, 11) is 0. The topological polar surface area (TPSA) is 18.5 Å². The van der Waals surface area contributed by atoms with E-state index in [0.717, 1.165) is 24.4 Å². The average Bonchev–Trinajstić information content (AvgIpc) is 2.44. The molecular formula is C15H30O2. The lowest BCUT2D eigenvalue weighted by atomic mass is 10.1. The summed E-state index contributed by atoms with van der Waals surface area (Å²) in [5, 5.41) is 0. The summed E-state index contributed by atoms with van der Waals surface area (Å²) in [5.41, 5.74) is 0. The third-order valence-electron chi connectivity index (χ3n) is 1.67. The molecule has 1 heterocycles. The molecule has 2 rings (SSSR count). The first kappa shape index (κ1) is 18.4. The van der Waals surface area contributed by atoms with Gasteiger partial charge in [0.25, 0.3) is 0 Å². The van der Waals surface area contributed by atoms with Gasteiger partial charge >= 0.3 is 0 Å². The third kappa shape index (κ3) is 8.84. The minimum atomic E-state index is 0.698. The average molecular weight is 242 g/mol. The van der Waals surface area contributed by atoms with Gasteiger partial charge in [0.2, 0.25) is 0 Å². The van der Waals surface area contributed by atoms with Gasteiger partial charge in [0.15, 0.2) is 11.5 Å². The Labute approximate surface area is 108 Å². The van der Waals surface area contributed by atoms with Gasteiger partial charge in [-0.1, -0.05) is 48.0 Å². The van der Waals surface area contributed by atoms with Crippen molar-refractivity contribution in [3.8, 4) is 0 Å². The van der Waals surface area contributed by atoms with Gasteiger partial charge < -0.3 is 9.47 Å². The second-order valence-electron chi connectivity index (χ2n) is 3.12. The van der Waals surface area contributed by atoms with Gasteiger partial charge in [0.1, 0.15) is 13.2 Å². The maximum Gasteiger partial charge on any atom is 0.157 e. The minimum Gasteiger partial charge on any atom is -0.486 e. The highest BCUT2D eigenvalue weighted by atomic mass is 16.6. The van der Waals surface area contributed by atoms with Crippen LogP contribution in [0.2, 0.25) is 0 Å². The van der Waals surface area contributed by atoms with Crippen molar-refractivity contribution in [1.82, 2.24) is 0 Å². The fraction of sp³-hybridized carbons (Fsp3) is 0.733. The SMILES string of the molecule is C1=C2OCCOC2=CCC1.CC.CC.CCC. The summed E-state index contributed by atoms with van der Waals surface area (Å²) in [6.07, 6.45) is 7.60. The first-order valence-electron chi connectivity index (χ1n) is 7.04. The predicted molar refractivity (Wildman–Crippen MR) is 76.0 cm³/mol. The molecule has 2 nitrogen and oxygen atoms in total. The lowest BCUT2D eigenvalue weighted by molar-refractivity contribution is 0.0570. The lowest BCUT2D eigenvalue weighted by Gasteiger charge is -2.22. The van der Waals surface area contributed by atoms with Gasteiger partial charge in [0.05, 0.1) is 0 Å². The van der Waals surface area contributed by atoms with Gasteiger partial charge in [-0.2, -0.15) is 0 Å². The molecule has 0 aromatic carbocycles. The molecule has 1 aliphatic carbocycles. The zero-order valence-electron chi connectivity index (χ0n) is 12.5. The number of fused-ring (bicyclic) bond motifs is 1. The van der Waals surface area contributed by atoms with Crippen molar-refractivity contribution in [3.05, 3.63) is 23.7 Å². The zero-order valence-corrected chi connectivity index (χ0v) is 12.5. The smallest absolute Gasteiger partial charge is 0.157 e. The van der Waals surface area contributed by atoms with Crippen LogP contribution in [0.5, 0.6) is 0 Å². The second kappa shape index (κ2) is 15.1. The van der Waals surface area contributed by atoms with Crippen LogP contribution in [0.15, 0.2) is 23.7 Å². The van der Waals surface area contributed by atoms with E-state index in [4.69, 9.17) is 9.47 Å². The van der Waals surface area contributed by atoms with Crippen molar-refractivity contribution in [2.75, 3.05) is 13.2 Å². The first-order valence-corrected chi connectivity index (χ1v) is 7.04. The quantitative estimate of drug-likeness (QED) is 0.591. The maximum atomic E-state index is 5.35. The second-order valence-corrected chi connectivity index (χ2v) is 3.12. The summed E-state index contributed by atoms with van der Waals surface area (Å²) in [4.78, 5) is 0. The molecule has 0 saturated carbocycles. The van der Waals surface area contributed by atoms with Gasteiger partial charge in [-0.25, -0.2) is 0 Å². The number of ether oxygens (including phenoxy) is 2. The number of rotatable bonds is 0. The van der Waals surface area contributed by atoms with Crippen molar-refractivity contribution >= 4 is 0 Å². The van der Waals surface area contributed by atoms with Crippen molar-refractivity contribution in [3.63, 3.8) is 0 Å². The molecule has 2 aliphatic rings. The molecule has 102 valence electrons. The maximum absolute atomic E-state index is 5.35. The Morgan fingerprint density at radius 2 is 1.12 bits per heavy atom. The molecule has 0 aromatic rings. The minimum absolute atomic E-state index is 0.698. The Bertz CT molecular complexity index is 183. The van der Waals surface area contributed by atoms with E-state index in [1.165, 1.54) is 6.42 Å². The van der Waals surface area contributed by atoms with E-state index in [-0.39, 0.29) is 0 Å². The van der Waals surface area contributed by atoms with Crippen molar-refractivity contribution in [2.45, 2.75) is 60.8 Å². The summed E-state index contributed by atoms with van der Waals surface area (Å²) >= 11 is 0. The molecule has 0 unspecified atom stereocenters. The fourth-order valence-electron chi connectivity index (χ4n) is 1.19. The standard InChI is InChI=1S/C8H10O2.C3H8.2C2H6/c1-2-4-8-7(3-1)9-5-6-10-8;1-3-2;2*1-2/h3-4H,1-2,5-6H2;3H2,1-2H3;2*1-2H3. The number of hydrogen-bond donors (Lipinski definition) is 0. The van der Waals surface area contributed by atoms with Crippen molar-refractivity contribution < 1.29 is 9.47 Å². The van der Waals surface area contributed by atoms with Crippen LogP contribution in [0, 0.1) is 0 Å². The summed E-state index contributed by atoms with van der Waals surface area (Å²) in [5.74, 6) is 1.88. The third-order valence-corrected chi connectivity index (χ3v) is 1.67. The predicted octanol–water partition coefficient (Wildman–Crippen LogP) is 5.06. The van der Waals surface area contributed by atoms with Crippen LogP contribution in [-0.2, 0) is 9.47 Å². The molecule has 2 heteroatoms. The number of allylic oxidation sites excluding steroid dienone is 2. The summed E-state index contributed by atoms with van der Waals surface area (Å²) in [6.45, 7) is 13.6. The van der Waals surface area contributed by atoms with Crippen LogP contribution >= 0.6 is 0 Å². The van der Waals surface area contributed by atoms with Gasteiger partial charge in [0, 0.05) is 0 Å². The Morgan fingerprint density at radius 1 is 0.824 bits per heavy atom. The molecule has 1 aliphatic heterocycles. The van der Waals surface area contributed by atoms with Gasteiger partial charge in [-0.15, -0.1) is 0 Å². The molecule has 17 heavy (non-hydrogen) atoms. The Kier molecular flexibility index (Phi) is 16.4. The Hall–Kier alpha value is -0.920. The zero-order chi connectivity index (χ0) is 13.5. The van der Waals surface area contributed by atoms with E-state index >= 15 is 0 Å². The molecule has 0 radical (unpaired) electrons. The lowest BCUT2D eigenvalue weighted by Crippen LogP contribution is -2.15. The molecule has 0 bridgehead atoms. The van der Waals surface area contributed by atoms with Crippen LogP contribution in [0.3, 0.4) is 0 Å². The molecular weight excluding hydrogens is 212 g/mol. The van der Waals surface area contributed by atoms with E-state index < -0.39 is 0 Å². The molecule has 0 amide bonds. The van der Waals surface area contributed by atoms with E-state index in [1.807, 2.05) is 27.7 Å². The van der Waals surface area contributed by atoms with Crippen LogP contribution in [0.1, 0.15) is 60.8 Å². The molecule has 1 saturated heterocycles. The molecule has 0 N–H and O–H groups in total. The van der Waals surface area contributed by atoms with E-state index in [1.54, 1.807) is 0 Å². The highest BCUT2D eigenvalue weighted by Gasteiger charge is 2.15. The molecule has 1 fully saturated rings. The highest BCUT2D eigenvalue weighted by molar-refractivity contribution is 5.24. The van der Waals surface area contributed by atoms with Crippen molar-refractivity contribution in [1.29, 1.82) is 0 Å². The molecule has 0 spiro atoms. The van der Waals surface area contributed by atoms with Crippen LogP contribution in [-0.4, -0.2) is 13.2 Å². The Morgan fingerprint density at radius 3 is 1.41 bits per heavy atom. The van der Waals surface area contributed by atoms with Gasteiger partial charge in [-0.3, -0.25) is 0 Å². The monoisotopic (exact) mass is 242 g/mol. The van der Waals surface area contributed by atoms with E-state index in [9.17, 15) is 0 Å². The van der Waals surface area contributed by atoms with Crippen molar-refractivity contribution in [2.24, 2.45) is 0 Å². The fourth-order valence-corrected chi connectivity index (χ4v) is 1.19. The van der Waals surface area contributed by atoms with E-state index in [2.05, 4.69) is 26.0 Å². The van der Waals surface area contributed by atoms with Gasteiger partial charge in [-0.05, 0) is 25.0 Å². The number of hydrogen-bond acceptors (Lipinski definition) is 2. The summed E-state index contributed by atoms with van der Waals surface area (Å²) in [6, 6.07) is 0. The summed E-state index contributed by atoms with van der Waals surface area (Å²) < 4.78 is 10.7. The van der Waals surface area contributed by atoms with E-state index in [0.29, 0.717) is 13.2 Å². The highest BCUT2D eigenvalue weighted by Crippen LogP contribution is 2.23. The molecule has 0 atom stereocenters. The normalized spacial score (nSPS) is 15.4. The largest absolute Gasteiger partial charge is 0.486 e. The Balaban J connectivity index is 0. The van der Waals surface area contributed by atoms with Crippen LogP contribution in [0.25, 0.3) is 0 Å². The molecule has 0 aromatic heterocycles. The first-order chi connectivity index (χ1) is 8.38. The van der Waals surface area contributed by atoms with Crippen LogP contribution in [0.4, 0.5) is 0 Å².